The maximum atomic E-state index is 4.45. The maximum Gasteiger partial charge on any atom is 0.226 e. The van der Waals surface area contributed by atoms with E-state index in [2.05, 4.69) is 37.7 Å². The minimum Gasteiger partial charge on any atom is -0.358 e. The second-order valence-corrected chi connectivity index (χ2v) is 5.33. The highest BCUT2D eigenvalue weighted by Gasteiger charge is 2.07. The Morgan fingerprint density at radius 3 is 2.60 bits per heavy atom. The van der Waals surface area contributed by atoms with Gasteiger partial charge < -0.3 is 9.80 Å². The Bertz CT molecular complexity index is 314. The van der Waals surface area contributed by atoms with Gasteiger partial charge in [-0.05, 0) is 6.07 Å². The van der Waals surface area contributed by atoms with Crippen LogP contribution in [0.15, 0.2) is 12.3 Å². The second-order valence-electron chi connectivity index (χ2n) is 3.77. The van der Waals surface area contributed by atoms with Gasteiger partial charge in [0.05, 0.1) is 0 Å². The summed E-state index contributed by atoms with van der Waals surface area (Å²) < 4.78 is 0. The third-order valence-corrected chi connectivity index (χ3v) is 2.23. The molecule has 5 heteroatoms. The lowest BCUT2D eigenvalue weighted by atomic mass is 10.4. The molecule has 0 radical (unpaired) electrons. The van der Waals surface area contributed by atoms with E-state index < -0.39 is 0 Å². The monoisotopic (exact) mass is 272 g/mol. The minimum absolute atomic E-state index is 0.445. The zero-order chi connectivity index (χ0) is 11.4. The van der Waals surface area contributed by atoms with Crippen molar-refractivity contribution in [1.82, 2.24) is 9.97 Å². The Hall–Kier alpha value is -0.840. The molecular formula is C10H17BrN4. The molecule has 0 N–H and O–H groups in total. The van der Waals surface area contributed by atoms with Crippen LogP contribution in [0.2, 0.25) is 0 Å². The molecule has 0 aromatic carbocycles. The first-order valence-electron chi connectivity index (χ1n) is 4.86. The highest BCUT2D eigenvalue weighted by Crippen LogP contribution is 2.13. The van der Waals surface area contributed by atoms with Gasteiger partial charge in [-0.3, -0.25) is 0 Å². The van der Waals surface area contributed by atoms with Crippen LogP contribution in [-0.4, -0.2) is 42.5 Å². The van der Waals surface area contributed by atoms with Gasteiger partial charge in [0, 0.05) is 38.7 Å². The molecule has 1 aromatic heterocycles. The Morgan fingerprint density at radius 2 is 2.07 bits per heavy atom. The second kappa shape index (κ2) is 5.30. The summed E-state index contributed by atoms with van der Waals surface area (Å²) in [7, 11) is 5.90. The molecule has 0 aliphatic rings. The molecule has 0 amide bonds. The molecule has 1 rings (SSSR count). The minimum atomic E-state index is 0.445. The van der Waals surface area contributed by atoms with E-state index >= 15 is 0 Å². The smallest absolute Gasteiger partial charge is 0.226 e. The Labute approximate surface area is 99.4 Å². The first-order chi connectivity index (χ1) is 7.00. The standard InChI is InChI=1S/C10H17BrN4/c1-8(11)7-15(4)9-5-6-12-10(13-9)14(2)3/h5-6,8H,7H2,1-4H3. The van der Waals surface area contributed by atoms with Gasteiger partial charge in [-0.1, -0.05) is 22.9 Å². The zero-order valence-corrected chi connectivity index (χ0v) is 11.2. The van der Waals surface area contributed by atoms with Crippen LogP contribution in [0.3, 0.4) is 0 Å². The number of halogens is 1. The van der Waals surface area contributed by atoms with Crippen molar-refractivity contribution in [1.29, 1.82) is 0 Å². The van der Waals surface area contributed by atoms with Crippen LogP contribution in [0.25, 0.3) is 0 Å². The number of alkyl halides is 1. The molecule has 0 aliphatic carbocycles. The summed E-state index contributed by atoms with van der Waals surface area (Å²) in [4.78, 5) is 13.1. The number of hydrogen-bond donors (Lipinski definition) is 0. The lowest BCUT2D eigenvalue weighted by Crippen LogP contribution is -2.25. The highest BCUT2D eigenvalue weighted by atomic mass is 79.9. The molecule has 4 nitrogen and oxygen atoms in total. The van der Waals surface area contributed by atoms with E-state index in [9.17, 15) is 0 Å². The first kappa shape index (κ1) is 12.2. The molecule has 1 atom stereocenters. The summed E-state index contributed by atoms with van der Waals surface area (Å²) in [5, 5.41) is 0. The Morgan fingerprint density at radius 1 is 1.40 bits per heavy atom. The largest absolute Gasteiger partial charge is 0.358 e. The van der Waals surface area contributed by atoms with Gasteiger partial charge in [0.1, 0.15) is 5.82 Å². The van der Waals surface area contributed by atoms with Crippen molar-refractivity contribution >= 4 is 27.7 Å². The summed E-state index contributed by atoms with van der Waals surface area (Å²) in [5.41, 5.74) is 0. The van der Waals surface area contributed by atoms with Gasteiger partial charge in [-0.2, -0.15) is 4.98 Å². The molecule has 84 valence electrons. The summed E-state index contributed by atoms with van der Waals surface area (Å²) in [5.74, 6) is 1.68. The van der Waals surface area contributed by atoms with Crippen molar-refractivity contribution in [3.05, 3.63) is 12.3 Å². The van der Waals surface area contributed by atoms with Crippen molar-refractivity contribution in [2.75, 3.05) is 37.5 Å². The maximum absolute atomic E-state index is 4.45. The molecule has 0 fully saturated rings. The van der Waals surface area contributed by atoms with Crippen LogP contribution in [0.1, 0.15) is 6.92 Å². The average Bonchev–Trinajstić information content (AvgIpc) is 2.17. The summed E-state index contributed by atoms with van der Waals surface area (Å²) in [6.45, 7) is 3.04. The van der Waals surface area contributed by atoms with Crippen LogP contribution < -0.4 is 9.80 Å². The van der Waals surface area contributed by atoms with Gasteiger partial charge in [-0.15, -0.1) is 0 Å². The molecule has 0 spiro atoms. The van der Waals surface area contributed by atoms with Crippen LogP contribution in [0.5, 0.6) is 0 Å². The summed E-state index contributed by atoms with van der Waals surface area (Å²) >= 11 is 3.52. The summed E-state index contributed by atoms with van der Waals surface area (Å²) in [6.07, 6.45) is 1.78. The third-order valence-electron chi connectivity index (χ3n) is 1.94. The van der Waals surface area contributed by atoms with Crippen molar-refractivity contribution in [3.8, 4) is 0 Å². The molecular weight excluding hydrogens is 256 g/mol. The van der Waals surface area contributed by atoms with E-state index in [4.69, 9.17) is 0 Å². The Kier molecular flexibility index (Phi) is 4.32. The average molecular weight is 273 g/mol. The predicted octanol–water partition coefficient (Wildman–Crippen LogP) is 1.76. The molecule has 1 aromatic rings. The normalized spacial score (nSPS) is 12.3. The molecule has 1 unspecified atom stereocenters. The van der Waals surface area contributed by atoms with Gasteiger partial charge in [0.15, 0.2) is 0 Å². The predicted molar refractivity (Wildman–Crippen MR) is 68.0 cm³/mol. The Balaban J connectivity index is 2.80. The highest BCUT2D eigenvalue weighted by molar-refractivity contribution is 9.09. The molecule has 1 heterocycles. The fourth-order valence-electron chi connectivity index (χ4n) is 1.24. The number of aromatic nitrogens is 2. The molecule has 0 bridgehead atoms. The van der Waals surface area contributed by atoms with Crippen LogP contribution in [0.4, 0.5) is 11.8 Å². The van der Waals surface area contributed by atoms with E-state index in [1.165, 1.54) is 0 Å². The van der Waals surface area contributed by atoms with Gasteiger partial charge in [-0.25, -0.2) is 4.98 Å². The van der Waals surface area contributed by atoms with Crippen molar-refractivity contribution in [2.24, 2.45) is 0 Å². The fourth-order valence-corrected chi connectivity index (χ4v) is 1.67. The number of anilines is 2. The molecule has 0 aliphatic heterocycles. The van der Waals surface area contributed by atoms with Crippen LogP contribution in [0, 0.1) is 0 Å². The lowest BCUT2D eigenvalue weighted by Gasteiger charge is -2.20. The molecule has 0 saturated carbocycles. The van der Waals surface area contributed by atoms with Crippen molar-refractivity contribution in [3.63, 3.8) is 0 Å². The van der Waals surface area contributed by atoms with Crippen molar-refractivity contribution in [2.45, 2.75) is 11.8 Å². The van der Waals surface area contributed by atoms with E-state index in [0.717, 1.165) is 18.3 Å². The van der Waals surface area contributed by atoms with E-state index in [-0.39, 0.29) is 0 Å². The third kappa shape index (κ3) is 3.66. The van der Waals surface area contributed by atoms with Crippen LogP contribution in [-0.2, 0) is 0 Å². The number of rotatable bonds is 4. The lowest BCUT2D eigenvalue weighted by molar-refractivity contribution is 0.851. The summed E-state index contributed by atoms with van der Waals surface area (Å²) in [6, 6.07) is 1.92. The first-order valence-corrected chi connectivity index (χ1v) is 5.78. The van der Waals surface area contributed by atoms with Crippen molar-refractivity contribution < 1.29 is 0 Å². The van der Waals surface area contributed by atoms with E-state index in [1.54, 1.807) is 6.20 Å². The van der Waals surface area contributed by atoms with Gasteiger partial charge >= 0.3 is 0 Å². The molecule has 15 heavy (non-hydrogen) atoms. The SMILES string of the molecule is CC(Br)CN(C)c1ccnc(N(C)C)n1. The quantitative estimate of drug-likeness (QED) is 0.782. The number of hydrogen-bond acceptors (Lipinski definition) is 4. The van der Waals surface area contributed by atoms with Gasteiger partial charge in [0.2, 0.25) is 5.95 Å². The van der Waals surface area contributed by atoms with E-state index in [1.807, 2.05) is 32.1 Å². The fraction of sp³-hybridized carbons (Fsp3) is 0.600. The van der Waals surface area contributed by atoms with Crippen LogP contribution >= 0.6 is 15.9 Å². The van der Waals surface area contributed by atoms with Gasteiger partial charge in [0.25, 0.3) is 0 Å². The topological polar surface area (TPSA) is 32.3 Å². The van der Waals surface area contributed by atoms with E-state index in [0.29, 0.717) is 4.83 Å². The molecule has 0 saturated heterocycles. The zero-order valence-electron chi connectivity index (χ0n) is 9.61. The number of nitrogens with zero attached hydrogens (tertiary/aromatic N) is 4.